The summed E-state index contributed by atoms with van der Waals surface area (Å²) in [6.45, 7) is 10.2. The number of nitrogens with one attached hydrogen (secondary N) is 1. The summed E-state index contributed by atoms with van der Waals surface area (Å²) in [4.78, 5) is 26.5. The summed E-state index contributed by atoms with van der Waals surface area (Å²) < 4.78 is 11.5. The molecule has 1 atom stereocenters. The molecule has 0 bridgehead atoms. The second-order valence-electron chi connectivity index (χ2n) is 10.2. The fourth-order valence-electron chi connectivity index (χ4n) is 4.81. The van der Waals surface area contributed by atoms with Crippen molar-refractivity contribution in [1.82, 2.24) is 5.32 Å². The average molecular weight is 460 g/mol. The van der Waals surface area contributed by atoms with E-state index in [1.54, 1.807) is 0 Å². The molecular weight excluding hydrogens is 426 g/mol. The van der Waals surface area contributed by atoms with Crippen LogP contribution in [-0.2, 0) is 20.9 Å². The first-order valence-electron chi connectivity index (χ1n) is 11.9. The number of ketones is 1. The molecule has 2 aliphatic rings. The standard InChI is InChI=1S/C29H33NO4/c1-18(2)34-28(32)25-19(3)30-23-15-29(4,5)16-24(31)27(23)26(25)21-11-13-22(14-12-21)33-17-20-9-7-6-8-10-20/h6-14,18,26,30H,15-17H2,1-5H3/t26-/m1/s1. The Morgan fingerprint density at radius 1 is 1.06 bits per heavy atom. The van der Waals surface area contributed by atoms with E-state index in [0.29, 0.717) is 24.2 Å². The van der Waals surface area contributed by atoms with Crippen LogP contribution in [0.3, 0.4) is 0 Å². The van der Waals surface area contributed by atoms with E-state index in [2.05, 4.69) is 19.2 Å². The number of carbonyl (C=O) groups excluding carboxylic acids is 2. The van der Waals surface area contributed by atoms with E-state index in [1.807, 2.05) is 75.4 Å². The smallest absolute Gasteiger partial charge is 0.337 e. The van der Waals surface area contributed by atoms with Crippen LogP contribution in [0.5, 0.6) is 5.75 Å². The van der Waals surface area contributed by atoms with Gasteiger partial charge < -0.3 is 14.8 Å². The van der Waals surface area contributed by atoms with Crippen molar-refractivity contribution in [3.8, 4) is 5.75 Å². The average Bonchev–Trinajstić information content (AvgIpc) is 2.76. The monoisotopic (exact) mass is 459 g/mol. The lowest BCUT2D eigenvalue weighted by atomic mass is 9.68. The summed E-state index contributed by atoms with van der Waals surface area (Å²) >= 11 is 0. The minimum atomic E-state index is -0.464. The molecule has 1 aliphatic carbocycles. The summed E-state index contributed by atoms with van der Waals surface area (Å²) in [6, 6.07) is 17.7. The summed E-state index contributed by atoms with van der Waals surface area (Å²) in [5, 5.41) is 3.37. The van der Waals surface area contributed by atoms with Crippen molar-refractivity contribution in [3.05, 3.63) is 88.3 Å². The van der Waals surface area contributed by atoms with Crippen molar-refractivity contribution in [2.45, 2.75) is 66.1 Å². The Balaban J connectivity index is 1.68. The Morgan fingerprint density at radius 2 is 1.74 bits per heavy atom. The highest BCUT2D eigenvalue weighted by Crippen LogP contribution is 2.47. The number of allylic oxidation sites excluding steroid dienone is 3. The lowest BCUT2D eigenvalue weighted by Gasteiger charge is -2.39. The molecular formula is C29H33NO4. The number of ether oxygens (including phenoxy) is 2. The Kier molecular flexibility index (Phi) is 6.65. The topological polar surface area (TPSA) is 64.6 Å². The van der Waals surface area contributed by atoms with Crippen LogP contribution in [-0.4, -0.2) is 17.9 Å². The zero-order chi connectivity index (χ0) is 24.5. The molecule has 1 heterocycles. The first-order valence-corrected chi connectivity index (χ1v) is 11.9. The molecule has 178 valence electrons. The van der Waals surface area contributed by atoms with E-state index in [0.717, 1.165) is 34.7 Å². The third-order valence-electron chi connectivity index (χ3n) is 6.26. The maximum absolute atomic E-state index is 13.4. The quantitative estimate of drug-likeness (QED) is 0.552. The second-order valence-corrected chi connectivity index (χ2v) is 10.2. The third-order valence-corrected chi connectivity index (χ3v) is 6.26. The molecule has 2 aromatic carbocycles. The predicted molar refractivity (Wildman–Crippen MR) is 132 cm³/mol. The minimum Gasteiger partial charge on any atom is -0.489 e. The number of hydrogen-bond acceptors (Lipinski definition) is 5. The van der Waals surface area contributed by atoms with Crippen LogP contribution in [0, 0.1) is 5.41 Å². The highest BCUT2D eigenvalue weighted by atomic mass is 16.5. The highest BCUT2D eigenvalue weighted by Gasteiger charge is 2.43. The lowest BCUT2D eigenvalue weighted by Crippen LogP contribution is -2.39. The maximum atomic E-state index is 13.4. The first-order chi connectivity index (χ1) is 16.1. The number of dihydropyridines is 1. The van der Waals surface area contributed by atoms with Crippen LogP contribution in [0.1, 0.15) is 64.5 Å². The molecule has 34 heavy (non-hydrogen) atoms. The largest absolute Gasteiger partial charge is 0.489 e. The number of esters is 1. The van der Waals surface area contributed by atoms with Gasteiger partial charge in [0.1, 0.15) is 12.4 Å². The molecule has 0 aromatic heterocycles. The fraction of sp³-hybridized carbons (Fsp3) is 0.379. The van der Waals surface area contributed by atoms with Gasteiger partial charge in [-0.05, 0) is 55.9 Å². The van der Waals surface area contributed by atoms with Gasteiger partial charge in [0, 0.05) is 29.3 Å². The van der Waals surface area contributed by atoms with E-state index in [9.17, 15) is 9.59 Å². The van der Waals surface area contributed by atoms with Crippen molar-refractivity contribution in [3.63, 3.8) is 0 Å². The summed E-state index contributed by atoms with van der Waals surface area (Å²) in [5.41, 5.74) is 4.67. The van der Waals surface area contributed by atoms with Gasteiger partial charge in [-0.25, -0.2) is 4.79 Å². The van der Waals surface area contributed by atoms with E-state index in [-0.39, 0.29) is 17.3 Å². The Bertz CT molecular complexity index is 1140. The summed E-state index contributed by atoms with van der Waals surface area (Å²) in [6.07, 6.45) is 0.958. The summed E-state index contributed by atoms with van der Waals surface area (Å²) in [5.74, 6) is -0.0396. The highest BCUT2D eigenvalue weighted by molar-refractivity contribution is 6.04. The van der Waals surface area contributed by atoms with Crippen molar-refractivity contribution < 1.29 is 19.1 Å². The minimum absolute atomic E-state index is 0.0792. The van der Waals surface area contributed by atoms with E-state index < -0.39 is 11.9 Å². The second kappa shape index (κ2) is 9.49. The van der Waals surface area contributed by atoms with Gasteiger partial charge in [0.15, 0.2) is 5.78 Å². The molecule has 0 unspecified atom stereocenters. The predicted octanol–water partition coefficient (Wildman–Crippen LogP) is 5.82. The van der Waals surface area contributed by atoms with Crippen LogP contribution in [0.25, 0.3) is 0 Å². The molecule has 0 spiro atoms. The SMILES string of the molecule is CC1=C(C(=O)OC(C)C)[C@@H](c2ccc(OCc3ccccc3)cc2)C2=C(CC(C)(C)CC2=O)N1. The molecule has 0 saturated carbocycles. The first kappa shape index (κ1) is 23.8. The van der Waals surface area contributed by atoms with Crippen LogP contribution < -0.4 is 10.1 Å². The maximum Gasteiger partial charge on any atom is 0.337 e. The van der Waals surface area contributed by atoms with Crippen molar-refractivity contribution in [1.29, 1.82) is 0 Å². The Hall–Kier alpha value is -3.34. The molecule has 5 nitrogen and oxygen atoms in total. The molecule has 4 rings (SSSR count). The zero-order valence-corrected chi connectivity index (χ0v) is 20.6. The zero-order valence-electron chi connectivity index (χ0n) is 20.6. The molecule has 0 saturated heterocycles. The van der Waals surface area contributed by atoms with Crippen LogP contribution >= 0.6 is 0 Å². The Labute approximate surface area is 201 Å². The molecule has 0 radical (unpaired) electrons. The lowest BCUT2D eigenvalue weighted by molar-refractivity contribution is -0.143. The van der Waals surface area contributed by atoms with E-state index in [4.69, 9.17) is 9.47 Å². The summed E-state index contributed by atoms with van der Waals surface area (Å²) in [7, 11) is 0. The van der Waals surface area contributed by atoms with Gasteiger partial charge >= 0.3 is 5.97 Å². The number of benzene rings is 2. The van der Waals surface area contributed by atoms with Crippen LogP contribution in [0.15, 0.2) is 77.1 Å². The molecule has 2 aromatic rings. The van der Waals surface area contributed by atoms with Gasteiger partial charge in [-0.2, -0.15) is 0 Å². The van der Waals surface area contributed by atoms with Crippen molar-refractivity contribution in [2.75, 3.05) is 0 Å². The van der Waals surface area contributed by atoms with Gasteiger partial charge in [-0.3, -0.25) is 4.79 Å². The van der Waals surface area contributed by atoms with Crippen molar-refractivity contribution in [2.24, 2.45) is 5.41 Å². The molecule has 1 aliphatic heterocycles. The number of carbonyl (C=O) groups is 2. The van der Waals surface area contributed by atoms with Gasteiger partial charge in [-0.15, -0.1) is 0 Å². The fourth-order valence-corrected chi connectivity index (χ4v) is 4.81. The van der Waals surface area contributed by atoms with E-state index >= 15 is 0 Å². The van der Waals surface area contributed by atoms with Gasteiger partial charge in [0.05, 0.1) is 11.7 Å². The van der Waals surface area contributed by atoms with Crippen LogP contribution in [0.2, 0.25) is 0 Å². The van der Waals surface area contributed by atoms with Gasteiger partial charge in [0.25, 0.3) is 0 Å². The van der Waals surface area contributed by atoms with Gasteiger partial charge in [0.2, 0.25) is 0 Å². The normalized spacial score (nSPS) is 19.6. The number of Topliss-reactive ketones (excluding diaryl/α,β-unsaturated/α-hetero) is 1. The van der Waals surface area contributed by atoms with Crippen LogP contribution in [0.4, 0.5) is 0 Å². The molecule has 1 N–H and O–H groups in total. The van der Waals surface area contributed by atoms with Gasteiger partial charge in [-0.1, -0.05) is 56.3 Å². The van der Waals surface area contributed by atoms with E-state index in [1.165, 1.54) is 0 Å². The third kappa shape index (κ3) is 5.09. The van der Waals surface area contributed by atoms with Crippen molar-refractivity contribution >= 4 is 11.8 Å². The Morgan fingerprint density at radius 3 is 2.38 bits per heavy atom. The molecule has 5 heteroatoms. The molecule has 0 fully saturated rings. The molecule has 0 amide bonds. The number of rotatable bonds is 6. The number of hydrogen-bond donors (Lipinski definition) is 1.